The molecule has 1 rings (SSSR count). The third-order valence-electron chi connectivity index (χ3n) is 3.01. The molecule has 1 fully saturated rings. The van der Waals surface area contributed by atoms with Crippen molar-refractivity contribution in [3.05, 3.63) is 0 Å². The fourth-order valence-electron chi connectivity index (χ4n) is 2.36. The monoisotopic (exact) mass is 368 g/mol. The summed E-state index contributed by atoms with van der Waals surface area (Å²) in [7, 11) is 0. The van der Waals surface area contributed by atoms with Crippen LogP contribution in [0.1, 0.15) is 40.5 Å². The molecule has 0 radical (unpaired) electrons. The summed E-state index contributed by atoms with van der Waals surface area (Å²) in [5.74, 6) is 1.31. The van der Waals surface area contributed by atoms with E-state index in [0.29, 0.717) is 18.0 Å². The minimum atomic E-state index is 0. The van der Waals surface area contributed by atoms with Crippen LogP contribution in [0.25, 0.3) is 0 Å². The molecule has 0 aromatic rings. The normalized spacial score (nSPS) is 21.4. The standard InChI is InChI=1S/C13H28N4.HI/c1-10(2)9-17-7-5-6-12(17)8-15-13(14)16-11(3)4;/h10-12H,5-9H2,1-4H3,(H3,14,15,16);1H/t12-;/m0./s1. The molecule has 0 aromatic heterocycles. The van der Waals surface area contributed by atoms with Crippen LogP contribution in [-0.2, 0) is 0 Å². The first-order valence-electron chi connectivity index (χ1n) is 6.79. The number of halogens is 1. The van der Waals surface area contributed by atoms with Gasteiger partial charge in [-0.25, -0.2) is 0 Å². The molecule has 108 valence electrons. The van der Waals surface area contributed by atoms with Crippen LogP contribution in [0.15, 0.2) is 4.99 Å². The third kappa shape index (κ3) is 6.78. The molecule has 1 aliphatic rings. The van der Waals surface area contributed by atoms with Crippen molar-refractivity contribution in [3.63, 3.8) is 0 Å². The summed E-state index contributed by atoms with van der Waals surface area (Å²) in [5.41, 5.74) is 5.82. The molecule has 18 heavy (non-hydrogen) atoms. The molecular weight excluding hydrogens is 339 g/mol. The van der Waals surface area contributed by atoms with Gasteiger partial charge in [0.2, 0.25) is 0 Å². The molecular formula is C13H29IN4. The van der Waals surface area contributed by atoms with Crippen LogP contribution < -0.4 is 11.1 Å². The first-order chi connectivity index (χ1) is 7.99. The number of hydrogen-bond acceptors (Lipinski definition) is 2. The summed E-state index contributed by atoms with van der Waals surface area (Å²) in [4.78, 5) is 7.00. The SMILES string of the molecule is CC(C)CN1CCC[C@H]1CN=C(N)NC(C)C.I. The summed E-state index contributed by atoms with van der Waals surface area (Å²) in [6, 6.07) is 0.944. The highest BCUT2D eigenvalue weighted by molar-refractivity contribution is 14.0. The van der Waals surface area contributed by atoms with Crippen molar-refractivity contribution in [1.29, 1.82) is 0 Å². The second kappa shape index (κ2) is 8.96. The Balaban J connectivity index is 0.00000289. The average Bonchev–Trinajstić information content (AvgIpc) is 2.60. The molecule has 1 saturated heterocycles. The third-order valence-corrected chi connectivity index (χ3v) is 3.01. The van der Waals surface area contributed by atoms with Crippen molar-refractivity contribution in [2.24, 2.45) is 16.6 Å². The van der Waals surface area contributed by atoms with Gasteiger partial charge in [-0.15, -0.1) is 24.0 Å². The predicted octanol–water partition coefficient (Wildman–Crippen LogP) is 2.04. The van der Waals surface area contributed by atoms with Crippen molar-refractivity contribution in [2.75, 3.05) is 19.6 Å². The van der Waals surface area contributed by atoms with E-state index in [1.807, 2.05) is 0 Å². The quantitative estimate of drug-likeness (QED) is 0.444. The maximum atomic E-state index is 5.82. The highest BCUT2D eigenvalue weighted by Crippen LogP contribution is 2.18. The molecule has 1 atom stereocenters. The Labute approximate surface area is 129 Å². The summed E-state index contributed by atoms with van der Waals surface area (Å²) >= 11 is 0. The van der Waals surface area contributed by atoms with Gasteiger partial charge in [0, 0.05) is 18.6 Å². The van der Waals surface area contributed by atoms with Crippen LogP contribution in [0, 0.1) is 5.92 Å². The van der Waals surface area contributed by atoms with Gasteiger partial charge in [-0.05, 0) is 39.2 Å². The fourth-order valence-corrected chi connectivity index (χ4v) is 2.36. The number of likely N-dealkylation sites (tertiary alicyclic amines) is 1. The lowest BCUT2D eigenvalue weighted by Crippen LogP contribution is -2.39. The second-order valence-corrected chi connectivity index (χ2v) is 5.71. The zero-order valence-electron chi connectivity index (χ0n) is 12.1. The Morgan fingerprint density at radius 1 is 1.39 bits per heavy atom. The van der Waals surface area contributed by atoms with Gasteiger partial charge in [-0.1, -0.05) is 13.8 Å². The second-order valence-electron chi connectivity index (χ2n) is 5.71. The van der Waals surface area contributed by atoms with E-state index >= 15 is 0 Å². The van der Waals surface area contributed by atoms with Crippen molar-refractivity contribution in [1.82, 2.24) is 10.2 Å². The summed E-state index contributed by atoms with van der Waals surface area (Å²) in [6.07, 6.45) is 2.55. The van der Waals surface area contributed by atoms with Gasteiger partial charge in [-0.2, -0.15) is 0 Å². The summed E-state index contributed by atoms with van der Waals surface area (Å²) < 4.78 is 0. The molecule has 1 heterocycles. The van der Waals surface area contributed by atoms with Gasteiger partial charge in [0.25, 0.3) is 0 Å². The van der Waals surface area contributed by atoms with Crippen molar-refractivity contribution in [2.45, 2.75) is 52.6 Å². The van der Waals surface area contributed by atoms with Crippen molar-refractivity contribution in [3.8, 4) is 0 Å². The highest BCUT2D eigenvalue weighted by atomic mass is 127. The molecule has 0 aromatic carbocycles. The van der Waals surface area contributed by atoms with Crippen LogP contribution in [0.4, 0.5) is 0 Å². The topological polar surface area (TPSA) is 53.6 Å². The van der Waals surface area contributed by atoms with Crippen LogP contribution >= 0.6 is 24.0 Å². The number of aliphatic imine (C=N–C) groups is 1. The Bertz CT molecular complexity index is 253. The van der Waals surface area contributed by atoms with Gasteiger partial charge in [0.05, 0.1) is 6.54 Å². The predicted molar refractivity (Wildman–Crippen MR) is 89.6 cm³/mol. The van der Waals surface area contributed by atoms with Gasteiger partial charge in [0.1, 0.15) is 0 Å². The fraction of sp³-hybridized carbons (Fsp3) is 0.923. The zero-order chi connectivity index (χ0) is 12.8. The minimum absolute atomic E-state index is 0. The maximum absolute atomic E-state index is 5.82. The smallest absolute Gasteiger partial charge is 0.188 e. The lowest BCUT2D eigenvalue weighted by molar-refractivity contribution is 0.231. The summed E-state index contributed by atoms with van der Waals surface area (Å²) in [6.45, 7) is 11.9. The van der Waals surface area contributed by atoms with E-state index in [0.717, 1.165) is 12.5 Å². The van der Waals surface area contributed by atoms with E-state index in [2.05, 4.69) is 42.9 Å². The lowest BCUT2D eigenvalue weighted by Gasteiger charge is -2.25. The lowest BCUT2D eigenvalue weighted by atomic mass is 10.2. The first kappa shape index (κ1) is 18.0. The highest BCUT2D eigenvalue weighted by Gasteiger charge is 2.24. The zero-order valence-corrected chi connectivity index (χ0v) is 14.5. The molecule has 0 amide bonds. The van der Waals surface area contributed by atoms with Gasteiger partial charge in [0.15, 0.2) is 5.96 Å². The summed E-state index contributed by atoms with van der Waals surface area (Å²) in [5, 5.41) is 3.13. The van der Waals surface area contributed by atoms with Crippen molar-refractivity contribution < 1.29 is 0 Å². The average molecular weight is 368 g/mol. The van der Waals surface area contributed by atoms with Crippen molar-refractivity contribution >= 4 is 29.9 Å². The van der Waals surface area contributed by atoms with Crippen LogP contribution in [-0.4, -0.2) is 42.6 Å². The molecule has 0 saturated carbocycles. The van der Waals surface area contributed by atoms with Crippen LogP contribution in [0.3, 0.4) is 0 Å². The van der Waals surface area contributed by atoms with E-state index in [1.54, 1.807) is 0 Å². The van der Waals surface area contributed by atoms with Crippen LogP contribution in [0.5, 0.6) is 0 Å². The molecule has 4 nitrogen and oxygen atoms in total. The number of nitrogens with one attached hydrogen (secondary N) is 1. The number of hydrogen-bond donors (Lipinski definition) is 2. The molecule has 0 unspecified atom stereocenters. The maximum Gasteiger partial charge on any atom is 0.188 e. The van der Waals surface area contributed by atoms with E-state index < -0.39 is 0 Å². The Morgan fingerprint density at radius 3 is 2.61 bits per heavy atom. The van der Waals surface area contributed by atoms with Gasteiger partial charge >= 0.3 is 0 Å². The van der Waals surface area contributed by atoms with E-state index in [9.17, 15) is 0 Å². The van der Waals surface area contributed by atoms with E-state index in [-0.39, 0.29) is 24.0 Å². The molecule has 5 heteroatoms. The number of rotatable bonds is 5. The first-order valence-corrected chi connectivity index (χ1v) is 6.79. The Kier molecular flexibility index (Phi) is 8.94. The Hall–Kier alpha value is -0.0400. The molecule has 1 aliphatic heterocycles. The number of guanidine groups is 1. The number of nitrogens with two attached hydrogens (primary N) is 1. The van der Waals surface area contributed by atoms with Gasteiger partial charge < -0.3 is 11.1 Å². The van der Waals surface area contributed by atoms with Gasteiger partial charge in [-0.3, -0.25) is 9.89 Å². The van der Waals surface area contributed by atoms with Crippen LogP contribution in [0.2, 0.25) is 0 Å². The molecule has 0 bridgehead atoms. The Morgan fingerprint density at radius 2 is 2.06 bits per heavy atom. The minimum Gasteiger partial charge on any atom is -0.370 e. The number of nitrogens with zero attached hydrogens (tertiary/aromatic N) is 2. The molecule has 0 aliphatic carbocycles. The van der Waals surface area contributed by atoms with E-state index in [4.69, 9.17) is 5.73 Å². The molecule has 3 N–H and O–H groups in total. The van der Waals surface area contributed by atoms with E-state index in [1.165, 1.54) is 25.9 Å². The molecule has 0 spiro atoms. The largest absolute Gasteiger partial charge is 0.370 e.